The molecule has 194 valence electrons. The first-order valence-electron chi connectivity index (χ1n) is 13.6. The number of ether oxygens (including phenoxy) is 1. The van der Waals surface area contributed by atoms with Crippen LogP contribution in [0.4, 0.5) is 0 Å². The van der Waals surface area contributed by atoms with Crippen molar-refractivity contribution in [3.05, 3.63) is 84.9 Å². The average molecular weight is 506 g/mol. The van der Waals surface area contributed by atoms with Gasteiger partial charge in [0.2, 0.25) is 0 Å². The van der Waals surface area contributed by atoms with Gasteiger partial charge in [-0.25, -0.2) is 14.5 Å². The van der Waals surface area contributed by atoms with Crippen LogP contribution in [0.3, 0.4) is 0 Å². The number of esters is 1. The van der Waals surface area contributed by atoms with E-state index in [0.717, 1.165) is 40.8 Å². The molecule has 5 rings (SSSR count). The van der Waals surface area contributed by atoms with E-state index in [1.165, 1.54) is 48.3 Å². The van der Waals surface area contributed by atoms with E-state index in [2.05, 4.69) is 72.1 Å². The summed E-state index contributed by atoms with van der Waals surface area (Å²) in [7, 11) is 0. The third kappa shape index (κ3) is 5.14. The number of fused-ring (bicyclic) bond motifs is 6. The first-order valence-corrected chi connectivity index (χ1v) is 13.6. The summed E-state index contributed by atoms with van der Waals surface area (Å²) in [5, 5.41) is 4.72. The predicted molar refractivity (Wildman–Crippen MR) is 158 cm³/mol. The molecule has 0 aliphatic rings. The second kappa shape index (κ2) is 11.5. The number of nitrogens with zero attached hydrogens (tertiary/aromatic N) is 2. The number of hydrogen-bond acceptors (Lipinski definition) is 4. The summed E-state index contributed by atoms with van der Waals surface area (Å²) >= 11 is 0. The van der Waals surface area contributed by atoms with Gasteiger partial charge in [-0.2, -0.15) is 0 Å². The van der Waals surface area contributed by atoms with Crippen molar-refractivity contribution in [2.45, 2.75) is 52.4 Å². The molecule has 0 bridgehead atoms. The van der Waals surface area contributed by atoms with Crippen LogP contribution in [0, 0.1) is 0 Å². The number of rotatable bonds is 11. The van der Waals surface area contributed by atoms with Crippen molar-refractivity contribution >= 4 is 38.5 Å². The van der Waals surface area contributed by atoms with Gasteiger partial charge in [-0.05, 0) is 48.4 Å². The fourth-order valence-electron chi connectivity index (χ4n) is 5.02. The van der Waals surface area contributed by atoms with Crippen LogP contribution in [-0.2, 0) is 4.79 Å². The Morgan fingerprint density at radius 3 is 2.13 bits per heavy atom. The third-order valence-corrected chi connectivity index (χ3v) is 7.00. The summed E-state index contributed by atoms with van der Waals surface area (Å²) in [5.74, 6) is 0.897. The molecule has 0 aliphatic carbocycles. The molecule has 0 fully saturated rings. The lowest BCUT2D eigenvalue weighted by molar-refractivity contribution is -0.130. The first-order chi connectivity index (χ1) is 18.6. The summed E-state index contributed by atoms with van der Waals surface area (Å²) in [6.07, 6.45) is 7.44. The van der Waals surface area contributed by atoms with Crippen LogP contribution in [0.15, 0.2) is 84.9 Å². The van der Waals surface area contributed by atoms with Gasteiger partial charge < -0.3 is 10.2 Å². The highest BCUT2D eigenvalue weighted by Crippen LogP contribution is 2.37. The highest BCUT2D eigenvalue weighted by atomic mass is 16.5. The van der Waals surface area contributed by atoms with Crippen LogP contribution >= 0.6 is 0 Å². The third-order valence-electron chi connectivity index (χ3n) is 7.00. The summed E-state index contributed by atoms with van der Waals surface area (Å²) in [6, 6.07) is 24.6. The van der Waals surface area contributed by atoms with E-state index in [-0.39, 0.29) is 0 Å². The standard InChI is InChI=1S/C33H35N3O2/c1-4-5-6-7-8-13-22-34-36-31-29-17-12-10-15-27(29)26-14-9-11-16-28(26)30(31)35-32(36)24-18-20-25(21-19-24)38-33(37)23(2)3/h9-12,14-21,34H,2,4-8,13,22H2,1,3H3. The number of aromatic nitrogens is 2. The van der Waals surface area contributed by atoms with Crippen molar-refractivity contribution in [1.82, 2.24) is 9.66 Å². The fourth-order valence-corrected chi connectivity index (χ4v) is 5.02. The number of nitrogens with one attached hydrogen (secondary N) is 1. The van der Waals surface area contributed by atoms with Crippen LogP contribution in [0.1, 0.15) is 52.4 Å². The number of carbonyl (C=O) groups is 1. The van der Waals surface area contributed by atoms with Crippen molar-refractivity contribution in [3.63, 3.8) is 0 Å². The minimum absolute atomic E-state index is 0.369. The molecule has 0 amide bonds. The van der Waals surface area contributed by atoms with E-state index in [1.807, 2.05) is 24.3 Å². The number of unbranched alkanes of at least 4 members (excludes halogenated alkanes) is 5. The Balaban J connectivity index is 1.58. The topological polar surface area (TPSA) is 56.1 Å². The predicted octanol–water partition coefficient (Wildman–Crippen LogP) is 8.40. The first kappa shape index (κ1) is 25.5. The maximum atomic E-state index is 12.0. The Morgan fingerprint density at radius 1 is 0.842 bits per heavy atom. The Labute approximate surface area is 224 Å². The van der Waals surface area contributed by atoms with Gasteiger partial charge in [0.1, 0.15) is 5.75 Å². The molecule has 5 heteroatoms. The zero-order valence-corrected chi connectivity index (χ0v) is 22.3. The zero-order valence-electron chi connectivity index (χ0n) is 22.3. The van der Waals surface area contributed by atoms with Crippen molar-refractivity contribution in [2.75, 3.05) is 12.0 Å². The van der Waals surface area contributed by atoms with E-state index in [1.54, 1.807) is 6.92 Å². The number of hydrogen-bond donors (Lipinski definition) is 1. The summed E-state index contributed by atoms with van der Waals surface area (Å²) in [5.41, 5.74) is 7.07. The van der Waals surface area contributed by atoms with Gasteiger partial charge in [0.05, 0.1) is 11.0 Å². The minimum Gasteiger partial charge on any atom is -0.423 e. The Kier molecular flexibility index (Phi) is 7.73. The van der Waals surface area contributed by atoms with Crippen molar-refractivity contribution in [1.29, 1.82) is 0 Å². The summed E-state index contributed by atoms with van der Waals surface area (Å²) in [6.45, 7) is 8.41. The van der Waals surface area contributed by atoms with Crippen molar-refractivity contribution < 1.29 is 9.53 Å². The van der Waals surface area contributed by atoms with E-state index in [9.17, 15) is 4.79 Å². The molecular weight excluding hydrogens is 470 g/mol. The molecule has 4 aromatic carbocycles. The van der Waals surface area contributed by atoms with Crippen LogP contribution in [-0.4, -0.2) is 22.2 Å². The Morgan fingerprint density at radius 2 is 1.45 bits per heavy atom. The van der Waals surface area contributed by atoms with E-state index < -0.39 is 5.97 Å². The van der Waals surface area contributed by atoms with Gasteiger partial charge in [-0.1, -0.05) is 94.1 Å². The van der Waals surface area contributed by atoms with Crippen LogP contribution < -0.4 is 10.2 Å². The Bertz CT molecular complexity index is 1600. The second-order valence-corrected chi connectivity index (χ2v) is 9.93. The maximum Gasteiger partial charge on any atom is 0.338 e. The maximum absolute atomic E-state index is 12.0. The lowest BCUT2D eigenvalue weighted by Crippen LogP contribution is -2.17. The monoisotopic (exact) mass is 505 g/mol. The molecule has 0 radical (unpaired) electrons. The highest BCUT2D eigenvalue weighted by Gasteiger charge is 2.19. The molecule has 0 aliphatic heterocycles. The lowest BCUT2D eigenvalue weighted by atomic mass is 10.00. The van der Waals surface area contributed by atoms with Crippen molar-refractivity contribution in [2.24, 2.45) is 0 Å². The molecule has 0 saturated carbocycles. The quantitative estimate of drug-likeness (QED) is 0.0644. The largest absolute Gasteiger partial charge is 0.423 e. The summed E-state index contributed by atoms with van der Waals surface area (Å²) in [4.78, 5) is 17.2. The highest BCUT2D eigenvalue weighted by molar-refractivity contribution is 6.23. The average Bonchev–Trinajstić information content (AvgIpc) is 3.33. The van der Waals surface area contributed by atoms with E-state index in [4.69, 9.17) is 9.72 Å². The smallest absolute Gasteiger partial charge is 0.338 e. The molecule has 0 unspecified atom stereocenters. The normalized spacial score (nSPS) is 11.3. The van der Waals surface area contributed by atoms with Gasteiger partial charge in [0.15, 0.2) is 5.82 Å². The molecule has 0 atom stereocenters. The molecule has 0 spiro atoms. The SMILES string of the molecule is C=C(C)C(=O)Oc1ccc(-c2nc3c4ccccc4c4ccccc4c3n2NCCCCCCCC)cc1. The van der Waals surface area contributed by atoms with Crippen LogP contribution in [0.25, 0.3) is 44.0 Å². The molecule has 1 aromatic heterocycles. The Hall–Kier alpha value is -4.12. The van der Waals surface area contributed by atoms with Crippen LogP contribution in [0.5, 0.6) is 5.75 Å². The molecule has 5 aromatic rings. The summed E-state index contributed by atoms with van der Waals surface area (Å²) < 4.78 is 7.57. The number of carbonyl (C=O) groups excluding carboxylic acids is 1. The molecule has 5 nitrogen and oxygen atoms in total. The van der Waals surface area contributed by atoms with Gasteiger partial charge in [0, 0.05) is 28.5 Å². The zero-order chi connectivity index (χ0) is 26.5. The molecule has 0 saturated heterocycles. The number of benzene rings is 4. The minimum atomic E-state index is -0.427. The molecule has 38 heavy (non-hydrogen) atoms. The second-order valence-electron chi connectivity index (χ2n) is 9.93. The molecule has 1 N–H and O–H groups in total. The fraction of sp³-hybridized carbons (Fsp3) is 0.273. The van der Waals surface area contributed by atoms with E-state index >= 15 is 0 Å². The van der Waals surface area contributed by atoms with Gasteiger partial charge in [0.25, 0.3) is 0 Å². The van der Waals surface area contributed by atoms with Crippen LogP contribution in [0.2, 0.25) is 0 Å². The van der Waals surface area contributed by atoms with Gasteiger partial charge in [-0.15, -0.1) is 0 Å². The van der Waals surface area contributed by atoms with Gasteiger partial charge >= 0.3 is 5.97 Å². The van der Waals surface area contributed by atoms with Gasteiger partial charge in [-0.3, -0.25) is 0 Å². The van der Waals surface area contributed by atoms with Crippen molar-refractivity contribution in [3.8, 4) is 17.1 Å². The molecular formula is C33H35N3O2. The molecule has 1 heterocycles. The lowest BCUT2D eigenvalue weighted by Gasteiger charge is -2.14. The number of imidazole rings is 1. The van der Waals surface area contributed by atoms with E-state index in [0.29, 0.717) is 11.3 Å².